The summed E-state index contributed by atoms with van der Waals surface area (Å²) < 4.78 is 5.38. The highest BCUT2D eigenvalue weighted by atomic mass is 16.5. The molecule has 1 aliphatic heterocycles. The number of ether oxygens (including phenoxy) is 1. The van der Waals surface area contributed by atoms with Gasteiger partial charge in [0.15, 0.2) is 0 Å². The molecule has 7 nitrogen and oxygen atoms in total. The van der Waals surface area contributed by atoms with Crippen LogP contribution in [0.3, 0.4) is 0 Å². The number of rotatable bonds is 3. The summed E-state index contributed by atoms with van der Waals surface area (Å²) >= 11 is 0. The van der Waals surface area contributed by atoms with E-state index in [0.717, 1.165) is 11.0 Å². The molecule has 1 aromatic heterocycles. The van der Waals surface area contributed by atoms with Crippen LogP contribution < -0.4 is 5.32 Å². The van der Waals surface area contributed by atoms with Crippen molar-refractivity contribution in [2.75, 3.05) is 26.7 Å². The van der Waals surface area contributed by atoms with Crippen LogP contribution in [0.2, 0.25) is 0 Å². The Morgan fingerprint density at radius 2 is 2.43 bits per heavy atom. The van der Waals surface area contributed by atoms with E-state index in [1.165, 1.54) is 0 Å². The summed E-state index contributed by atoms with van der Waals surface area (Å²) in [6, 6.07) is 5.29. The monoisotopic (exact) mass is 288 g/mol. The molecule has 1 saturated heterocycles. The molecule has 1 aliphatic rings. The molecule has 21 heavy (non-hydrogen) atoms. The Balaban J connectivity index is 1.60. The van der Waals surface area contributed by atoms with Crippen LogP contribution in [0, 0.1) is 0 Å². The Labute approximate surface area is 121 Å². The minimum absolute atomic E-state index is 0.0396. The molecule has 1 atom stereocenters. The van der Waals surface area contributed by atoms with Gasteiger partial charge in [0.25, 0.3) is 5.91 Å². The SMILES string of the molecule is CN1CC(CNC(=O)c2ccc3nc[nH]c3c2)OCC1=O. The van der Waals surface area contributed by atoms with E-state index in [-0.39, 0.29) is 24.5 Å². The number of likely N-dealkylation sites (N-methyl/N-ethyl adjacent to an activating group) is 1. The highest BCUT2D eigenvalue weighted by Crippen LogP contribution is 2.11. The van der Waals surface area contributed by atoms with Crippen LogP contribution in [0.1, 0.15) is 10.4 Å². The molecule has 7 heteroatoms. The molecule has 3 rings (SSSR count). The van der Waals surface area contributed by atoms with Gasteiger partial charge in [0, 0.05) is 25.7 Å². The van der Waals surface area contributed by atoms with Gasteiger partial charge < -0.3 is 19.9 Å². The minimum Gasteiger partial charge on any atom is -0.365 e. The number of carbonyl (C=O) groups excluding carboxylic acids is 2. The summed E-state index contributed by atoms with van der Waals surface area (Å²) in [7, 11) is 1.73. The fourth-order valence-corrected chi connectivity index (χ4v) is 2.27. The number of aromatic amines is 1. The number of fused-ring (bicyclic) bond motifs is 1. The Bertz CT molecular complexity index is 682. The van der Waals surface area contributed by atoms with Gasteiger partial charge in [-0.2, -0.15) is 0 Å². The smallest absolute Gasteiger partial charge is 0.251 e. The molecule has 110 valence electrons. The lowest BCUT2D eigenvalue weighted by molar-refractivity contribution is -0.146. The van der Waals surface area contributed by atoms with E-state index in [2.05, 4.69) is 15.3 Å². The average molecular weight is 288 g/mol. The first kappa shape index (κ1) is 13.6. The summed E-state index contributed by atoms with van der Waals surface area (Å²) in [5.74, 6) is -0.211. The number of morpholine rings is 1. The second kappa shape index (κ2) is 5.53. The largest absolute Gasteiger partial charge is 0.365 e. The molecule has 2 aromatic rings. The number of aromatic nitrogens is 2. The molecule has 0 bridgehead atoms. The standard InChI is InChI=1S/C14H16N4O3/c1-18-6-10(21-7-13(18)19)5-15-14(20)9-2-3-11-12(4-9)17-8-16-11/h2-4,8,10H,5-7H2,1H3,(H,15,20)(H,16,17). The van der Waals surface area contributed by atoms with Crippen molar-refractivity contribution in [1.82, 2.24) is 20.2 Å². The molecule has 0 radical (unpaired) electrons. The van der Waals surface area contributed by atoms with Crippen molar-refractivity contribution in [2.24, 2.45) is 0 Å². The first-order chi connectivity index (χ1) is 10.1. The van der Waals surface area contributed by atoms with Crippen LogP contribution in [-0.2, 0) is 9.53 Å². The third-order valence-corrected chi connectivity index (χ3v) is 3.52. The van der Waals surface area contributed by atoms with E-state index in [4.69, 9.17) is 4.74 Å². The van der Waals surface area contributed by atoms with Crippen molar-refractivity contribution in [3.63, 3.8) is 0 Å². The lowest BCUT2D eigenvalue weighted by atomic mass is 10.2. The summed E-state index contributed by atoms with van der Waals surface area (Å²) in [6.07, 6.45) is 1.42. The molecule has 0 saturated carbocycles. The predicted molar refractivity (Wildman–Crippen MR) is 75.8 cm³/mol. The van der Waals surface area contributed by atoms with E-state index in [9.17, 15) is 9.59 Å². The van der Waals surface area contributed by atoms with Gasteiger partial charge in [-0.3, -0.25) is 9.59 Å². The van der Waals surface area contributed by atoms with Gasteiger partial charge in [-0.05, 0) is 18.2 Å². The van der Waals surface area contributed by atoms with Crippen LogP contribution >= 0.6 is 0 Å². The molecule has 2 amide bonds. The second-order valence-corrected chi connectivity index (χ2v) is 5.05. The lowest BCUT2D eigenvalue weighted by Crippen LogP contribution is -2.48. The van der Waals surface area contributed by atoms with Gasteiger partial charge in [0.1, 0.15) is 6.61 Å². The summed E-state index contributed by atoms with van der Waals surface area (Å²) in [5, 5.41) is 2.82. The quantitative estimate of drug-likeness (QED) is 0.841. The van der Waals surface area contributed by atoms with Crippen LogP contribution in [0.4, 0.5) is 0 Å². The van der Waals surface area contributed by atoms with Crippen molar-refractivity contribution in [3.8, 4) is 0 Å². The highest BCUT2D eigenvalue weighted by molar-refractivity contribution is 5.97. The molecule has 0 aliphatic carbocycles. The molecule has 1 aromatic carbocycles. The van der Waals surface area contributed by atoms with E-state index in [0.29, 0.717) is 18.7 Å². The normalized spacial score (nSPS) is 19.0. The first-order valence-corrected chi connectivity index (χ1v) is 6.70. The average Bonchev–Trinajstić information content (AvgIpc) is 2.95. The molecule has 2 heterocycles. The van der Waals surface area contributed by atoms with Crippen molar-refractivity contribution in [2.45, 2.75) is 6.10 Å². The third-order valence-electron chi connectivity index (χ3n) is 3.52. The number of imidazole rings is 1. The molecular weight excluding hydrogens is 272 g/mol. The van der Waals surface area contributed by atoms with E-state index >= 15 is 0 Å². The van der Waals surface area contributed by atoms with Gasteiger partial charge >= 0.3 is 0 Å². The van der Waals surface area contributed by atoms with Gasteiger partial charge in [-0.15, -0.1) is 0 Å². The maximum atomic E-state index is 12.1. The Morgan fingerprint density at radius 3 is 3.24 bits per heavy atom. The number of nitrogens with one attached hydrogen (secondary N) is 2. The summed E-state index contributed by atoms with van der Waals surface area (Å²) in [4.78, 5) is 32.1. The Kier molecular flexibility index (Phi) is 3.57. The zero-order chi connectivity index (χ0) is 14.8. The number of amides is 2. The molecule has 1 unspecified atom stereocenters. The number of nitrogens with zero attached hydrogens (tertiary/aromatic N) is 2. The fourth-order valence-electron chi connectivity index (χ4n) is 2.27. The Morgan fingerprint density at radius 1 is 1.57 bits per heavy atom. The highest BCUT2D eigenvalue weighted by Gasteiger charge is 2.23. The van der Waals surface area contributed by atoms with E-state index in [1.807, 2.05) is 0 Å². The maximum Gasteiger partial charge on any atom is 0.251 e. The number of benzene rings is 1. The summed E-state index contributed by atoms with van der Waals surface area (Å²) in [5.41, 5.74) is 2.20. The maximum absolute atomic E-state index is 12.1. The topological polar surface area (TPSA) is 87.3 Å². The zero-order valence-electron chi connectivity index (χ0n) is 11.6. The van der Waals surface area contributed by atoms with Gasteiger partial charge in [-0.25, -0.2) is 4.98 Å². The molecule has 2 N–H and O–H groups in total. The number of carbonyl (C=O) groups is 2. The van der Waals surface area contributed by atoms with E-state index in [1.54, 1.807) is 36.5 Å². The van der Waals surface area contributed by atoms with Crippen molar-refractivity contribution in [1.29, 1.82) is 0 Å². The van der Waals surface area contributed by atoms with Gasteiger partial charge in [-0.1, -0.05) is 0 Å². The first-order valence-electron chi connectivity index (χ1n) is 6.70. The van der Waals surface area contributed by atoms with Crippen LogP contribution in [0.15, 0.2) is 24.5 Å². The van der Waals surface area contributed by atoms with Crippen molar-refractivity contribution in [3.05, 3.63) is 30.1 Å². The minimum atomic E-state index is -0.174. The molecule has 0 spiro atoms. The van der Waals surface area contributed by atoms with Crippen LogP contribution in [0.25, 0.3) is 11.0 Å². The number of H-pyrrole nitrogens is 1. The molecule has 1 fully saturated rings. The fraction of sp³-hybridized carbons (Fsp3) is 0.357. The number of hydrogen-bond donors (Lipinski definition) is 2. The van der Waals surface area contributed by atoms with Gasteiger partial charge in [0.2, 0.25) is 5.91 Å². The van der Waals surface area contributed by atoms with E-state index < -0.39 is 0 Å². The Hall–Kier alpha value is -2.41. The van der Waals surface area contributed by atoms with Crippen molar-refractivity contribution < 1.29 is 14.3 Å². The summed E-state index contributed by atoms with van der Waals surface area (Å²) in [6.45, 7) is 0.924. The lowest BCUT2D eigenvalue weighted by Gasteiger charge is -2.29. The number of hydrogen-bond acceptors (Lipinski definition) is 4. The predicted octanol–water partition coefficient (Wildman–Crippen LogP) is 0.150. The van der Waals surface area contributed by atoms with Crippen molar-refractivity contribution >= 4 is 22.8 Å². The zero-order valence-corrected chi connectivity index (χ0v) is 11.6. The van der Waals surface area contributed by atoms with Crippen LogP contribution in [0.5, 0.6) is 0 Å². The molecular formula is C14H16N4O3. The van der Waals surface area contributed by atoms with Crippen LogP contribution in [-0.4, -0.2) is 59.5 Å². The van der Waals surface area contributed by atoms with Gasteiger partial charge in [0.05, 0.1) is 23.5 Å². The second-order valence-electron chi connectivity index (χ2n) is 5.05. The third kappa shape index (κ3) is 2.87.